The Morgan fingerprint density at radius 1 is 0.905 bits per heavy atom. The minimum absolute atomic E-state index is 0.0487. The second-order valence-electron chi connectivity index (χ2n) is 4.89. The second kappa shape index (κ2) is 5.14. The summed E-state index contributed by atoms with van der Waals surface area (Å²) in [6, 6.07) is 12.6. The zero-order valence-electron chi connectivity index (χ0n) is 11.2. The molecule has 0 amide bonds. The average Bonchev–Trinajstić information content (AvgIpc) is 2.47. The number of fused-ring (bicyclic) bond motifs is 1. The highest BCUT2D eigenvalue weighted by atomic mass is 35.5. The molecule has 0 heterocycles. The van der Waals surface area contributed by atoms with Crippen molar-refractivity contribution in [1.82, 2.24) is 0 Å². The van der Waals surface area contributed by atoms with Crippen LogP contribution in [0.25, 0.3) is 21.9 Å². The predicted molar refractivity (Wildman–Crippen MR) is 87.5 cm³/mol. The van der Waals surface area contributed by atoms with Crippen LogP contribution in [0.3, 0.4) is 0 Å². The van der Waals surface area contributed by atoms with Crippen molar-refractivity contribution in [2.45, 2.75) is 6.92 Å². The third-order valence-corrected chi connectivity index (χ3v) is 4.30. The Morgan fingerprint density at radius 3 is 2.38 bits per heavy atom. The van der Waals surface area contributed by atoms with Crippen LogP contribution in [-0.4, -0.2) is 10.2 Å². The van der Waals surface area contributed by atoms with E-state index in [1.165, 1.54) is 0 Å². The summed E-state index contributed by atoms with van der Waals surface area (Å²) in [5, 5.41) is 22.9. The van der Waals surface area contributed by atoms with Gasteiger partial charge in [-0.05, 0) is 35.4 Å². The first kappa shape index (κ1) is 14.1. The minimum atomic E-state index is -0.126. The van der Waals surface area contributed by atoms with E-state index in [0.717, 1.165) is 16.3 Å². The number of hydrogen-bond donors (Lipinski definition) is 2. The topological polar surface area (TPSA) is 40.5 Å². The predicted octanol–water partition coefficient (Wildman–Crippen LogP) is 5.53. The van der Waals surface area contributed by atoms with Crippen LogP contribution in [-0.2, 0) is 0 Å². The highest BCUT2D eigenvalue weighted by Gasteiger charge is 2.20. The molecule has 0 aromatic heterocycles. The molecule has 0 saturated carbocycles. The van der Waals surface area contributed by atoms with Crippen LogP contribution in [0.1, 0.15) is 5.56 Å². The van der Waals surface area contributed by atoms with E-state index in [0.29, 0.717) is 16.1 Å². The number of phenols is 2. The van der Waals surface area contributed by atoms with Crippen LogP contribution in [0.15, 0.2) is 42.5 Å². The highest BCUT2D eigenvalue weighted by molar-refractivity contribution is 6.38. The number of aryl methyl sites for hydroxylation is 1. The number of halogens is 2. The van der Waals surface area contributed by atoms with E-state index in [1.54, 1.807) is 19.1 Å². The summed E-state index contributed by atoms with van der Waals surface area (Å²) in [7, 11) is 0. The molecule has 0 aliphatic rings. The van der Waals surface area contributed by atoms with Gasteiger partial charge in [0.1, 0.15) is 11.5 Å². The summed E-state index contributed by atoms with van der Waals surface area (Å²) in [6.45, 7) is 1.80. The molecule has 0 spiro atoms. The fourth-order valence-electron chi connectivity index (χ4n) is 2.49. The van der Waals surface area contributed by atoms with E-state index in [9.17, 15) is 10.2 Å². The SMILES string of the molecule is Cc1cc(Cl)c(O)c(-c2c(O)ccc3ccccc23)c1Cl. The van der Waals surface area contributed by atoms with Crippen LogP contribution in [0.4, 0.5) is 0 Å². The van der Waals surface area contributed by atoms with Gasteiger partial charge < -0.3 is 10.2 Å². The summed E-state index contributed by atoms with van der Waals surface area (Å²) >= 11 is 12.4. The van der Waals surface area contributed by atoms with Gasteiger partial charge in [-0.15, -0.1) is 0 Å². The van der Waals surface area contributed by atoms with Gasteiger partial charge in [-0.25, -0.2) is 0 Å². The van der Waals surface area contributed by atoms with Crippen LogP contribution < -0.4 is 0 Å². The number of rotatable bonds is 1. The number of aromatic hydroxyl groups is 2. The zero-order chi connectivity index (χ0) is 15.1. The van der Waals surface area contributed by atoms with Crippen LogP contribution >= 0.6 is 23.2 Å². The molecule has 0 atom stereocenters. The monoisotopic (exact) mass is 318 g/mol. The van der Waals surface area contributed by atoms with E-state index in [1.807, 2.05) is 30.3 Å². The normalized spacial score (nSPS) is 11.0. The van der Waals surface area contributed by atoms with E-state index in [-0.39, 0.29) is 16.5 Å². The lowest BCUT2D eigenvalue weighted by Crippen LogP contribution is -1.89. The van der Waals surface area contributed by atoms with Crippen molar-refractivity contribution in [2.24, 2.45) is 0 Å². The molecule has 0 fully saturated rings. The van der Waals surface area contributed by atoms with Crippen LogP contribution in [0, 0.1) is 6.92 Å². The quantitative estimate of drug-likeness (QED) is 0.619. The van der Waals surface area contributed by atoms with Gasteiger partial charge in [0, 0.05) is 11.1 Å². The van der Waals surface area contributed by atoms with E-state index < -0.39 is 0 Å². The zero-order valence-corrected chi connectivity index (χ0v) is 12.7. The van der Waals surface area contributed by atoms with Crippen molar-refractivity contribution in [2.75, 3.05) is 0 Å². The van der Waals surface area contributed by atoms with Crippen molar-refractivity contribution in [3.63, 3.8) is 0 Å². The van der Waals surface area contributed by atoms with Gasteiger partial charge in [-0.2, -0.15) is 0 Å². The minimum Gasteiger partial charge on any atom is -0.507 e. The molecule has 0 aliphatic heterocycles. The van der Waals surface area contributed by atoms with Crippen molar-refractivity contribution >= 4 is 34.0 Å². The van der Waals surface area contributed by atoms with Crippen molar-refractivity contribution < 1.29 is 10.2 Å². The fraction of sp³-hybridized carbons (Fsp3) is 0.0588. The molecule has 3 rings (SSSR count). The largest absolute Gasteiger partial charge is 0.507 e. The smallest absolute Gasteiger partial charge is 0.143 e. The van der Waals surface area contributed by atoms with Crippen molar-refractivity contribution in [3.8, 4) is 22.6 Å². The molecule has 2 nitrogen and oxygen atoms in total. The van der Waals surface area contributed by atoms with Gasteiger partial charge in [0.05, 0.1) is 10.0 Å². The van der Waals surface area contributed by atoms with Crippen LogP contribution in [0.5, 0.6) is 11.5 Å². The molecular formula is C17H12Cl2O2. The molecule has 0 bridgehead atoms. The number of benzene rings is 3. The lowest BCUT2D eigenvalue weighted by molar-refractivity contribution is 0.470. The lowest BCUT2D eigenvalue weighted by atomic mass is 9.95. The van der Waals surface area contributed by atoms with E-state index in [2.05, 4.69) is 0 Å². The molecule has 21 heavy (non-hydrogen) atoms. The van der Waals surface area contributed by atoms with Gasteiger partial charge in [-0.1, -0.05) is 53.5 Å². The summed E-state index contributed by atoms with van der Waals surface area (Å²) in [4.78, 5) is 0. The van der Waals surface area contributed by atoms with Gasteiger partial charge in [0.25, 0.3) is 0 Å². The molecule has 0 radical (unpaired) electrons. The maximum absolute atomic E-state index is 10.3. The summed E-state index contributed by atoms with van der Waals surface area (Å²) in [5.41, 5.74) is 1.58. The Morgan fingerprint density at radius 2 is 1.62 bits per heavy atom. The van der Waals surface area contributed by atoms with Gasteiger partial charge >= 0.3 is 0 Å². The average molecular weight is 319 g/mol. The molecule has 3 aromatic carbocycles. The van der Waals surface area contributed by atoms with Crippen molar-refractivity contribution in [1.29, 1.82) is 0 Å². The maximum atomic E-state index is 10.3. The molecule has 0 aliphatic carbocycles. The van der Waals surface area contributed by atoms with Gasteiger partial charge in [0.15, 0.2) is 0 Å². The first-order chi connectivity index (χ1) is 10.0. The van der Waals surface area contributed by atoms with E-state index in [4.69, 9.17) is 23.2 Å². The summed E-state index contributed by atoms with van der Waals surface area (Å²) in [6.07, 6.45) is 0. The fourth-order valence-corrected chi connectivity index (χ4v) is 2.99. The van der Waals surface area contributed by atoms with Crippen molar-refractivity contribution in [3.05, 3.63) is 58.1 Å². The second-order valence-corrected chi connectivity index (χ2v) is 5.68. The maximum Gasteiger partial charge on any atom is 0.143 e. The number of hydrogen-bond acceptors (Lipinski definition) is 2. The third-order valence-electron chi connectivity index (χ3n) is 3.53. The van der Waals surface area contributed by atoms with Gasteiger partial charge in [0.2, 0.25) is 0 Å². The molecule has 3 aromatic rings. The molecule has 4 heteroatoms. The molecular weight excluding hydrogens is 307 g/mol. The Kier molecular flexibility index (Phi) is 3.44. The third kappa shape index (κ3) is 2.21. The summed E-state index contributed by atoms with van der Waals surface area (Å²) in [5.74, 6) is -0.0773. The standard InChI is InChI=1S/C17H12Cl2O2/c1-9-8-12(18)17(21)15(16(9)19)14-11-5-3-2-4-10(11)6-7-13(14)20/h2-8,20-21H,1H3. The lowest BCUT2D eigenvalue weighted by Gasteiger charge is -2.15. The highest BCUT2D eigenvalue weighted by Crippen LogP contribution is 2.48. The van der Waals surface area contributed by atoms with E-state index >= 15 is 0 Å². The Bertz CT molecular complexity index is 831. The Hall–Kier alpha value is -1.90. The van der Waals surface area contributed by atoms with Gasteiger partial charge in [-0.3, -0.25) is 0 Å². The Labute approximate surface area is 132 Å². The Balaban J connectivity index is 2.49. The summed E-state index contributed by atoms with van der Waals surface area (Å²) < 4.78 is 0. The van der Waals surface area contributed by atoms with Crippen LogP contribution in [0.2, 0.25) is 10.0 Å². The molecule has 2 N–H and O–H groups in total. The molecule has 0 saturated heterocycles. The first-order valence-corrected chi connectivity index (χ1v) is 7.15. The first-order valence-electron chi connectivity index (χ1n) is 6.39. The molecule has 106 valence electrons. The molecule has 0 unspecified atom stereocenters. The number of phenolic OH excluding ortho intramolecular Hbond substituents is 2.